The predicted molar refractivity (Wildman–Crippen MR) is 54.4 cm³/mol. The fourth-order valence-corrected chi connectivity index (χ4v) is 3.03. The van der Waals surface area contributed by atoms with Crippen LogP contribution in [0.25, 0.3) is 0 Å². The molecule has 0 aliphatic carbocycles. The summed E-state index contributed by atoms with van der Waals surface area (Å²) in [5, 5.41) is 3.84. The first kappa shape index (κ1) is 9.40. The first-order valence-corrected chi connectivity index (χ1v) is 5.93. The number of ether oxygens (including phenoxy) is 1. The summed E-state index contributed by atoms with van der Waals surface area (Å²) in [5.41, 5.74) is 0.295. The van der Waals surface area contributed by atoms with Gasteiger partial charge in [0.25, 0.3) is 10.0 Å². The fraction of sp³-hybridized carbons (Fsp3) is 0.250. The number of sulfonamides is 1. The number of aliphatic imine (C=N–C) groups is 1. The first-order chi connectivity index (χ1) is 7.48. The molecular weight excluding hydrogens is 232 g/mol. The van der Waals surface area contributed by atoms with E-state index < -0.39 is 10.0 Å². The molecule has 0 saturated carbocycles. The minimum atomic E-state index is -3.65. The van der Waals surface area contributed by atoms with Crippen molar-refractivity contribution in [3.05, 3.63) is 18.5 Å². The molecule has 3 rings (SSSR count). The number of amidine groups is 1. The molecule has 1 aromatic rings. The molecule has 0 aromatic carbocycles. The number of nitrogens with zero attached hydrogens (tertiary/aromatic N) is 4. The van der Waals surface area contributed by atoms with Crippen molar-refractivity contribution >= 4 is 21.7 Å². The van der Waals surface area contributed by atoms with E-state index in [1.807, 2.05) is 0 Å². The SMILES string of the molecule is C=C1CN2C(=Nc3cn(C)nc3S2(=O)=O)O1. The maximum Gasteiger partial charge on any atom is 0.312 e. The van der Waals surface area contributed by atoms with Gasteiger partial charge in [-0.1, -0.05) is 6.58 Å². The van der Waals surface area contributed by atoms with Crippen molar-refractivity contribution in [2.24, 2.45) is 12.0 Å². The fourth-order valence-electron chi connectivity index (χ4n) is 1.63. The largest absolute Gasteiger partial charge is 0.428 e. The van der Waals surface area contributed by atoms with Crippen molar-refractivity contribution in [2.45, 2.75) is 5.03 Å². The Balaban J connectivity index is 2.28. The van der Waals surface area contributed by atoms with Gasteiger partial charge in [-0.25, -0.2) is 4.31 Å². The molecule has 0 radical (unpaired) electrons. The Morgan fingerprint density at radius 3 is 3.06 bits per heavy atom. The van der Waals surface area contributed by atoms with E-state index in [4.69, 9.17) is 4.74 Å². The Kier molecular flexibility index (Phi) is 1.55. The summed E-state index contributed by atoms with van der Waals surface area (Å²) in [4.78, 5) is 4.07. The average molecular weight is 240 g/mol. The molecule has 7 nitrogen and oxygen atoms in total. The summed E-state index contributed by atoms with van der Waals surface area (Å²) in [6.45, 7) is 3.67. The number of aromatic nitrogens is 2. The standard InChI is InChI=1S/C8H8N4O3S/c1-5-3-12-8(15-5)9-6-4-11(2)10-7(6)16(12,13)14/h4H,1,3H2,2H3. The molecule has 3 heterocycles. The Hall–Kier alpha value is -1.83. The van der Waals surface area contributed by atoms with Gasteiger partial charge in [0.15, 0.2) is 0 Å². The first-order valence-electron chi connectivity index (χ1n) is 4.49. The van der Waals surface area contributed by atoms with Crippen LogP contribution in [0.4, 0.5) is 5.69 Å². The predicted octanol–water partition coefficient (Wildman–Crippen LogP) is -0.0442. The molecule has 1 aromatic heterocycles. The lowest BCUT2D eigenvalue weighted by molar-refractivity contribution is 0.437. The van der Waals surface area contributed by atoms with Crippen molar-refractivity contribution in [1.82, 2.24) is 14.1 Å². The van der Waals surface area contributed by atoms with E-state index in [9.17, 15) is 8.42 Å². The number of hydrogen-bond donors (Lipinski definition) is 0. The van der Waals surface area contributed by atoms with E-state index in [2.05, 4.69) is 16.7 Å². The van der Waals surface area contributed by atoms with Crippen LogP contribution in [0.3, 0.4) is 0 Å². The van der Waals surface area contributed by atoms with Crippen LogP contribution < -0.4 is 0 Å². The van der Waals surface area contributed by atoms with Crippen LogP contribution in [0.5, 0.6) is 0 Å². The molecule has 84 valence electrons. The van der Waals surface area contributed by atoms with Crippen molar-refractivity contribution in [1.29, 1.82) is 0 Å². The number of rotatable bonds is 0. The van der Waals surface area contributed by atoms with Gasteiger partial charge in [0, 0.05) is 7.05 Å². The highest BCUT2D eigenvalue weighted by molar-refractivity contribution is 7.89. The van der Waals surface area contributed by atoms with E-state index >= 15 is 0 Å². The molecule has 8 heteroatoms. The summed E-state index contributed by atoms with van der Waals surface area (Å²) < 4.78 is 31.8. The molecule has 1 saturated heterocycles. The van der Waals surface area contributed by atoms with Gasteiger partial charge >= 0.3 is 6.02 Å². The molecule has 2 aliphatic rings. The smallest absolute Gasteiger partial charge is 0.312 e. The number of aryl methyl sites for hydroxylation is 1. The third-order valence-electron chi connectivity index (χ3n) is 2.30. The lowest BCUT2D eigenvalue weighted by Gasteiger charge is -2.17. The van der Waals surface area contributed by atoms with Gasteiger partial charge in [0.1, 0.15) is 11.4 Å². The van der Waals surface area contributed by atoms with E-state index in [-0.39, 0.29) is 17.6 Å². The molecule has 0 atom stereocenters. The summed E-state index contributed by atoms with van der Waals surface area (Å²) in [5.74, 6) is 0.358. The van der Waals surface area contributed by atoms with Gasteiger partial charge in [-0.15, -0.1) is 0 Å². The Labute approximate surface area is 91.7 Å². The topological polar surface area (TPSA) is 76.8 Å². The summed E-state index contributed by atoms with van der Waals surface area (Å²) >= 11 is 0. The average Bonchev–Trinajstić information content (AvgIpc) is 2.70. The van der Waals surface area contributed by atoms with E-state index in [0.29, 0.717) is 11.4 Å². The second kappa shape index (κ2) is 2.64. The summed E-state index contributed by atoms with van der Waals surface area (Å²) in [7, 11) is -2.01. The number of fused-ring (bicyclic) bond motifs is 2. The van der Waals surface area contributed by atoms with E-state index in [0.717, 1.165) is 4.31 Å². The Morgan fingerprint density at radius 1 is 1.56 bits per heavy atom. The third-order valence-corrected chi connectivity index (χ3v) is 3.94. The quantitative estimate of drug-likeness (QED) is 0.637. The normalized spacial score (nSPS) is 21.2. The summed E-state index contributed by atoms with van der Waals surface area (Å²) in [6, 6.07) is 0.0468. The van der Waals surface area contributed by atoms with Crippen LogP contribution in [0.2, 0.25) is 0 Å². The number of hydrogen-bond acceptors (Lipinski definition) is 5. The Bertz CT molecular complexity index is 628. The van der Waals surface area contributed by atoms with Gasteiger partial charge in [0.2, 0.25) is 5.03 Å². The van der Waals surface area contributed by atoms with E-state index in [1.165, 1.54) is 10.9 Å². The highest BCUT2D eigenvalue weighted by Gasteiger charge is 2.42. The Morgan fingerprint density at radius 2 is 2.31 bits per heavy atom. The van der Waals surface area contributed by atoms with Gasteiger partial charge in [-0.05, 0) is 0 Å². The van der Waals surface area contributed by atoms with Gasteiger partial charge in [-0.2, -0.15) is 18.5 Å². The van der Waals surface area contributed by atoms with Crippen LogP contribution in [0, 0.1) is 0 Å². The van der Waals surface area contributed by atoms with Crippen molar-refractivity contribution < 1.29 is 13.2 Å². The van der Waals surface area contributed by atoms with Crippen LogP contribution in [-0.2, 0) is 21.8 Å². The molecule has 0 unspecified atom stereocenters. The summed E-state index contributed by atoms with van der Waals surface area (Å²) in [6.07, 6.45) is 1.53. The molecular formula is C8H8N4O3S. The zero-order chi connectivity index (χ0) is 11.5. The van der Waals surface area contributed by atoms with Crippen molar-refractivity contribution in [3.8, 4) is 0 Å². The molecule has 0 bridgehead atoms. The molecule has 0 amide bonds. The van der Waals surface area contributed by atoms with Crippen molar-refractivity contribution in [3.63, 3.8) is 0 Å². The minimum absolute atomic E-state index is 0.0444. The highest BCUT2D eigenvalue weighted by Crippen LogP contribution is 2.34. The lowest BCUT2D eigenvalue weighted by Crippen LogP contribution is -2.35. The van der Waals surface area contributed by atoms with E-state index in [1.54, 1.807) is 7.05 Å². The van der Waals surface area contributed by atoms with Gasteiger partial charge in [0.05, 0.1) is 12.7 Å². The molecule has 0 spiro atoms. The van der Waals surface area contributed by atoms with Gasteiger partial charge < -0.3 is 4.74 Å². The second-order valence-electron chi connectivity index (χ2n) is 3.54. The monoisotopic (exact) mass is 240 g/mol. The maximum absolute atomic E-state index is 12.1. The zero-order valence-electron chi connectivity index (χ0n) is 8.41. The van der Waals surface area contributed by atoms with Crippen LogP contribution in [0.1, 0.15) is 0 Å². The second-order valence-corrected chi connectivity index (χ2v) is 5.32. The maximum atomic E-state index is 12.1. The molecule has 16 heavy (non-hydrogen) atoms. The molecule has 2 aliphatic heterocycles. The lowest BCUT2D eigenvalue weighted by atomic mass is 10.6. The van der Waals surface area contributed by atoms with Crippen LogP contribution in [0.15, 0.2) is 28.6 Å². The molecule has 0 N–H and O–H groups in total. The van der Waals surface area contributed by atoms with Gasteiger partial charge in [-0.3, -0.25) is 4.68 Å². The highest BCUT2D eigenvalue weighted by atomic mass is 32.2. The van der Waals surface area contributed by atoms with Crippen LogP contribution >= 0.6 is 0 Å². The third kappa shape index (κ3) is 1.04. The zero-order valence-corrected chi connectivity index (χ0v) is 9.23. The van der Waals surface area contributed by atoms with Crippen molar-refractivity contribution in [2.75, 3.05) is 6.54 Å². The molecule has 1 fully saturated rings. The van der Waals surface area contributed by atoms with Crippen LogP contribution in [-0.4, -0.2) is 35.1 Å². The minimum Gasteiger partial charge on any atom is -0.428 e.